The van der Waals surface area contributed by atoms with Crippen LogP contribution in [0.5, 0.6) is 0 Å². The van der Waals surface area contributed by atoms with Crippen molar-refractivity contribution in [3.05, 3.63) is 188 Å². The van der Waals surface area contributed by atoms with Crippen molar-refractivity contribution in [1.29, 1.82) is 0 Å². The highest BCUT2D eigenvalue weighted by Gasteiger charge is 2.24. The number of furan rings is 1. The highest BCUT2D eigenvalue weighted by atomic mass is 32.1. The Balaban J connectivity index is 1.33. The molecule has 240 valence electrons. The van der Waals surface area contributed by atoms with Crippen molar-refractivity contribution in [3.8, 4) is 33.4 Å². The number of rotatable bonds is 6. The Morgan fingerprint density at radius 3 is 1.63 bits per heavy atom. The Morgan fingerprint density at radius 1 is 0.392 bits per heavy atom. The van der Waals surface area contributed by atoms with E-state index in [1.54, 1.807) is 0 Å². The Labute approximate surface area is 300 Å². The van der Waals surface area contributed by atoms with Gasteiger partial charge in [-0.2, -0.15) is 0 Å². The monoisotopic (exact) mass is 669 g/mol. The zero-order valence-corrected chi connectivity index (χ0v) is 28.5. The first kappa shape index (κ1) is 29.5. The van der Waals surface area contributed by atoms with Crippen molar-refractivity contribution in [2.45, 2.75) is 0 Å². The summed E-state index contributed by atoms with van der Waals surface area (Å²) >= 11 is 1.83. The third kappa shape index (κ3) is 5.10. The fourth-order valence-corrected chi connectivity index (χ4v) is 8.64. The Morgan fingerprint density at radius 2 is 0.941 bits per heavy atom. The van der Waals surface area contributed by atoms with Crippen LogP contribution in [-0.2, 0) is 0 Å². The first-order valence-electron chi connectivity index (χ1n) is 17.3. The van der Waals surface area contributed by atoms with E-state index in [9.17, 15) is 0 Å². The molecule has 10 rings (SSSR count). The molecule has 0 unspecified atom stereocenters. The topological polar surface area (TPSA) is 16.4 Å². The molecule has 0 aliphatic heterocycles. The van der Waals surface area contributed by atoms with Crippen molar-refractivity contribution < 1.29 is 4.42 Å². The minimum Gasteiger partial charge on any atom is -0.455 e. The van der Waals surface area contributed by atoms with Gasteiger partial charge in [0, 0.05) is 37.6 Å². The maximum Gasteiger partial charge on any atom is 0.144 e. The summed E-state index contributed by atoms with van der Waals surface area (Å²) in [5.41, 5.74) is 12.2. The second kappa shape index (κ2) is 12.2. The molecule has 0 spiro atoms. The summed E-state index contributed by atoms with van der Waals surface area (Å²) in [6, 6.07) is 67.5. The minimum atomic E-state index is 0.899. The molecule has 0 bridgehead atoms. The van der Waals surface area contributed by atoms with Crippen LogP contribution < -0.4 is 4.90 Å². The normalized spacial score (nSPS) is 11.5. The van der Waals surface area contributed by atoms with Crippen LogP contribution in [-0.4, -0.2) is 0 Å². The molecule has 0 saturated carbocycles. The van der Waals surface area contributed by atoms with Crippen molar-refractivity contribution >= 4 is 70.5 Å². The number of hydrogen-bond acceptors (Lipinski definition) is 3. The molecule has 8 aromatic carbocycles. The number of nitrogens with zero attached hydrogens (tertiary/aromatic N) is 1. The van der Waals surface area contributed by atoms with Crippen molar-refractivity contribution in [2.24, 2.45) is 0 Å². The van der Waals surface area contributed by atoms with Crippen LogP contribution in [0.3, 0.4) is 0 Å². The van der Waals surface area contributed by atoms with Gasteiger partial charge in [0.05, 0.1) is 10.4 Å². The van der Waals surface area contributed by atoms with E-state index in [4.69, 9.17) is 4.42 Å². The van der Waals surface area contributed by atoms with Gasteiger partial charge in [-0.25, -0.2) is 0 Å². The molecule has 2 aromatic heterocycles. The maximum atomic E-state index is 6.70. The van der Waals surface area contributed by atoms with Gasteiger partial charge in [-0.1, -0.05) is 140 Å². The van der Waals surface area contributed by atoms with Crippen LogP contribution in [0.1, 0.15) is 0 Å². The Kier molecular flexibility index (Phi) is 7.04. The average Bonchev–Trinajstić information content (AvgIpc) is 3.78. The number of thiophene rings is 1. The van der Waals surface area contributed by atoms with Crippen LogP contribution in [0.4, 0.5) is 17.1 Å². The predicted octanol–water partition coefficient (Wildman–Crippen LogP) is 14.4. The molecular formula is C48H31NOS. The summed E-state index contributed by atoms with van der Waals surface area (Å²) in [6.07, 6.45) is 0. The number of hydrogen-bond donors (Lipinski definition) is 0. The van der Waals surface area contributed by atoms with Crippen molar-refractivity contribution in [1.82, 2.24) is 0 Å². The molecule has 10 aromatic rings. The third-order valence-electron chi connectivity index (χ3n) is 9.81. The third-order valence-corrected chi connectivity index (χ3v) is 11.0. The lowest BCUT2D eigenvalue weighted by Gasteiger charge is -2.28. The van der Waals surface area contributed by atoms with Crippen LogP contribution in [0.15, 0.2) is 192 Å². The van der Waals surface area contributed by atoms with E-state index in [2.05, 4.69) is 193 Å². The number of para-hydroxylation sites is 1. The standard InChI is InChI=1S/C48H31NOS/c1-4-15-32(16-5-1)35-21-14-22-38(28-35)49(39-29-36(33-17-6-2-7-18-33)27-37(30-39)34-19-8-3-9-20-34)43-31-42-40-23-10-12-25-44(40)50-47(42)46-41-24-11-13-26-45(41)51-48(43)46/h1-31H. The average molecular weight is 670 g/mol. The van der Waals surface area contributed by atoms with E-state index in [0.717, 1.165) is 44.4 Å². The van der Waals surface area contributed by atoms with Crippen LogP contribution >= 0.6 is 11.3 Å². The zero-order valence-electron chi connectivity index (χ0n) is 27.7. The second-order valence-corrected chi connectivity index (χ2v) is 14.0. The van der Waals surface area contributed by atoms with Gasteiger partial charge in [0.15, 0.2) is 0 Å². The Hall–Kier alpha value is -6.42. The molecule has 2 nitrogen and oxygen atoms in total. The van der Waals surface area contributed by atoms with Gasteiger partial charge in [0.2, 0.25) is 0 Å². The van der Waals surface area contributed by atoms with Crippen molar-refractivity contribution in [3.63, 3.8) is 0 Å². The van der Waals surface area contributed by atoms with Gasteiger partial charge in [0.25, 0.3) is 0 Å². The molecule has 0 amide bonds. The van der Waals surface area contributed by atoms with Crippen LogP contribution in [0.2, 0.25) is 0 Å². The number of anilines is 3. The molecule has 0 N–H and O–H groups in total. The van der Waals surface area contributed by atoms with E-state index in [-0.39, 0.29) is 0 Å². The maximum absolute atomic E-state index is 6.70. The molecule has 0 aliphatic carbocycles. The van der Waals surface area contributed by atoms with E-state index in [1.807, 2.05) is 11.3 Å². The fourth-order valence-electron chi connectivity index (χ4n) is 7.43. The summed E-state index contributed by atoms with van der Waals surface area (Å²) in [7, 11) is 0. The lowest BCUT2D eigenvalue weighted by molar-refractivity contribution is 0.673. The zero-order chi connectivity index (χ0) is 33.7. The summed E-state index contributed by atoms with van der Waals surface area (Å²) in [4.78, 5) is 2.46. The quantitative estimate of drug-likeness (QED) is 0.175. The molecule has 2 heterocycles. The predicted molar refractivity (Wildman–Crippen MR) is 218 cm³/mol. The number of fused-ring (bicyclic) bond motifs is 7. The summed E-state index contributed by atoms with van der Waals surface area (Å²) in [5, 5.41) is 4.60. The van der Waals surface area contributed by atoms with Crippen LogP contribution in [0.25, 0.3) is 75.5 Å². The van der Waals surface area contributed by atoms with E-state index < -0.39 is 0 Å². The fraction of sp³-hybridized carbons (Fsp3) is 0. The van der Waals surface area contributed by atoms with E-state index >= 15 is 0 Å². The highest BCUT2D eigenvalue weighted by molar-refractivity contribution is 7.26. The molecule has 0 aliphatic rings. The summed E-state index contributed by atoms with van der Waals surface area (Å²) < 4.78 is 9.13. The molecule has 0 saturated heterocycles. The van der Waals surface area contributed by atoms with Gasteiger partial charge in [-0.05, 0) is 81.9 Å². The molecule has 0 radical (unpaired) electrons. The van der Waals surface area contributed by atoms with Gasteiger partial charge in [-0.3, -0.25) is 0 Å². The molecule has 51 heavy (non-hydrogen) atoms. The Bertz CT molecular complexity index is 2790. The van der Waals surface area contributed by atoms with E-state index in [0.29, 0.717) is 0 Å². The van der Waals surface area contributed by atoms with Crippen LogP contribution in [0, 0.1) is 0 Å². The van der Waals surface area contributed by atoms with E-state index in [1.165, 1.54) is 48.2 Å². The summed E-state index contributed by atoms with van der Waals surface area (Å²) in [6.45, 7) is 0. The highest BCUT2D eigenvalue weighted by Crippen LogP contribution is 2.50. The smallest absolute Gasteiger partial charge is 0.144 e. The largest absolute Gasteiger partial charge is 0.455 e. The molecule has 0 atom stereocenters. The van der Waals surface area contributed by atoms with Gasteiger partial charge in [0.1, 0.15) is 11.2 Å². The summed E-state index contributed by atoms with van der Waals surface area (Å²) in [5.74, 6) is 0. The minimum absolute atomic E-state index is 0.899. The van der Waals surface area contributed by atoms with Gasteiger partial charge in [-0.15, -0.1) is 11.3 Å². The molecule has 0 fully saturated rings. The molecule has 3 heteroatoms. The van der Waals surface area contributed by atoms with Gasteiger partial charge < -0.3 is 9.32 Å². The first-order valence-corrected chi connectivity index (χ1v) is 18.1. The first-order chi connectivity index (χ1) is 25.3. The van der Waals surface area contributed by atoms with Gasteiger partial charge >= 0.3 is 0 Å². The lowest BCUT2D eigenvalue weighted by Crippen LogP contribution is -2.11. The SMILES string of the molecule is c1ccc(-c2cccc(N(c3cc(-c4ccccc4)cc(-c4ccccc4)c3)c3cc4c5ccccc5oc4c4c3sc3ccccc34)c2)cc1. The second-order valence-electron chi connectivity index (χ2n) is 12.9. The van der Waals surface area contributed by atoms with Crippen molar-refractivity contribution in [2.75, 3.05) is 4.90 Å². The lowest BCUT2D eigenvalue weighted by atomic mass is 9.96. The molecular weight excluding hydrogens is 639 g/mol. The number of benzene rings is 8.